The molecule has 23 heavy (non-hydrogen) atoms. The zero-order valence-corrected chi connectivity index (χ0v) is 12.4. The Morgan fingerprint density at radius 3 is 3.26 bits per heavy atom. The number of carbonyl (C=O) groups excluding carboxylic acids is 1. The first-order chi connectivity index (χ1) is 14.5. The third-order valence-corrected chi connectivity index (χ3v) is 5.79. The molecule has 1 saturated carbocycles. The van der Waals surface area contributed by atoms with Gasteiger partial charge in [-0.2, -0.15) is 0 Å². The van der Waals surface area contributed by atoms with Crippen molar-refractivity contribution in [3.05, 3.63) is 23.2 Å². The summed E-state index contributed by atoms with van der Waals surface area (Å²) in [6, 6.07) is -2.65. The Balaban J connectivity index is 1.94. The number of hydrogen-bond donors (Lipinski definition) is 1. The maximum absolute atomic E-state index is 13.2. The van der Waals surface area contributed by atoms with Gasteiger partial charge in [0, 0.05) is 23.5 Å². The Hall–Kier alpha value is -1.59. The van der Waals surface area contributed by atoms with E-state index < -0.39 is 73.0 Å². The fourth-order valence-electron chi connectivity index (χ4n) is 4.75. The van der Waals surface area contributed by atoms with E-state index in [9.17, 15) is 9.90 Å². The molecule has 1 saturated heterocycles. The topological polar surface area (TPSA) is 59.0 Å². The number of methoxy groups -OCH3 is 1. The summed E-state index contributed by atoms with van der Waals surface area (Å²) in [5.41, 5.74) is -4.01. The van der Waals surface area contributed by atoms with E-state index in [1.54, 1.807) is 11.9 Å². The van der Waals surface area contributed by atoms with E-state index in [4.69, 9.17) is 21.8 Å². The summed E-state index contributed by atoms with van der Waals surface area (Å²) < 4.78 is 84.3. The molecule has 2 aliphatic carbocycles. The molecule has 4 atom stereocenters. The lowest BCUT2D eigenvalue weighted by Crippen LogP contribution is -2.76. The molecule has 4 aliphatic rings. The second kappa shape index (κ2) is 4.08. The van der Waals surface area contributed by atoms with E-state index >= 15 is 0 Å². The van der Waals surface area contributed by atoms with Crippen LogP contribution in [0.4, 0.5) is 0 Å². The normalized spacial score (nSPS) is 51.2. The largest absolute Gasteiger partial charge is 0.493 e. The maximum Gasteiger partial charge on any atom is 0.174 e. The Labute approximate surface area is 147 Å². The quantitative estimate of drug-likeness (QED) is 0.837. The molecule has 2 aliphatic heterocycles. The molecular weight excluding hydrogens is 294 g/mol. The molecule has 5 rings (SSSR count). The molecule has 0 radical (unpaired) electrons. The molecule has 1 spiro atoms. The molecule has 0 amide bonds. The molecule has 1 aromatic rings. The third-order valence-electron chi connectivity index (χ3n) is 5.79. The molecule has 0 aromatic heterocycles. The highest BCUT2D eigenvalue weighted by Crippen LogP contribution is 2.64. The van der Waals surface area contributed by atoms with Crippen molar-refractivity contribution >= 4 is 5.78 Å². The van der Waals surface area contributed by atoms with Crippen LogP contribution in [0.2, 0.25) is 0 Å². The van der Waals surface area contributed by atoms with Crippen LogP contribution in [0.1, 0.15) is 42.7 Å². The summed E-state index contributed by atoms with van der Waals surface area (Å²) in [5, 5.41) is 12.0. The first-order valence-electron chi connectivity index (χ1n) is 12.0. The minimum atomic E-state index is -3.03. The summed E-state index contributed by atoms with van der Waals surface area (Å²) >= 11 is 0. The standard InChI is InChI=1S/C18H21NO4/c1-19-8-7-17-14-10-3-4-12(22-2)15(14)23-16(17)11(20)5-6-18(17,21)13(19)9-10/h3-4,13,16,21H,5-9H2,1-2H3/t13-,16?,17+,18-/m1/s1/i2D3,3D,4D,5D2,9D2. The number of Topliss-reactive ketones (excluding diaryl/α,β-unsaturated/α-hetero) is 1. The van der Waals surface area contributed by atoms with Crippen LogP contribution in [0.25, 0.3) is 0 Å². The highest BCUT2D eigenvalue weighted by Gasteiger charge is 2.72. The molecule has 5 nitrogen and oxygen atoms in total. The van der Waals surface area contributed by atoms with Crippen molar-refractivity contribution < 1.29 is 31.7 Å². The van der Waals surface area contributed by atoms with Gasteiger partial charge in [-0.25, -0.2) is 0 Å². The van der Waals surface area contributed by atoms with Gasteiger partial charge in [0.15, 0.2) is 23.4 Å². The number of ketones is 1. The molecule has 2 bridgehead atoms. The lowest BCUT2D eigenvalue weighted by molar-refractivity contribution is -0.185. The van der Waals surface area contributed by atoms with Crippen molar-refractivity contribution in [2.24, 2.45) is 0 Å². The van der Waals surface area contributed by atoms with Crippen molar-refractivity contribution in [3.63, 3.8) is 0 Å². The Morgan fingerprint density at radius 1 is 1.57 bits per heavy atom. The van der Waals surface area contributed by atoms with Crippen molar-refractivity contribution in [3.8, 4) is 11.5 Å². The first-order valence-corrected chi connectivity index (χ1v) is 7.51. The zero-order chi connectivity index (χ0) is 23.8. The minimum Gasteiger partial charge on any atom is -0.493 e. The van der Waals surface area contributed by atoms with Gasteiger partial charge in [-0.15, -0.1) is 0 Å². The number of nitrogens with zero attached hydrogens (tertiary/aromatic N) is 1. The van der Waals surface area contributed by atoms with E-state index in [1.165, 1.54) is 0 Å². The molecule has 122 valence electrons. The summed E-state index contributed by atoms with van der Waals surface area (Å²) in [5.74, 6) is -1.96. The van der Waals surface area contributed by atoms with E-state index in [-0.39, 0.29) is 29.8 Å². The number of carbonyl (C=O) groups is 1. The van der Waals surface area contributed by atoms with E-state index in [2.05, 4.69) is 0 Å². The highest BCUT2D eigenvalue weighted by molar-refractivity contribution is 5.90. The molecule has 1 aromatic carbocycles. The van der Waals surface area contributed by atoms with Gasteiger partial charge >= 0.3 is 0 Å². The van der Waals surface area contributed by atoms with Crippen LogP contribution in [-0.2, 0) is 16.6 Å². The van der Waals surface area contributed by atoms with Crippen LogP contribution in [0.3, 0.4) is 0 Å². The number of ether oxygens (including phenoxy) is 2. The van der Waals surface area contributed by atoms with Gasteiger partial charge in [0.1, 0.15) is 0 Å². The predicted octanol–water partition coefficient (Wildman–Crippen LogP) is 1.05. The first kappa shape index (κ1) is 7.53. The summed E-state index contributed by atoms with van der Waals surface area (Å²) in [7, 11) is -1.45. The number of aliphatic hydroxyl groups is 1. The Morgan fingerprint density at radius 2 is 2.43 bits per heavy atom. The van der Waals surface area contributed by atoms with Crippen molar-refractivity contribution in [1.82, 2.24) is 4.90 Å². The average molecular weight is 324 g/mol. The van der Waals surface area contributed by atoms with Gasteiger partial charge in [0.2, 0.25) is 0 Å². The van der Waals surface area contributed by atoms with Gasteiger partial charge in [0.05, 0.1) is 24.9 Å². The summed E-state index contributed by atoms with van der Waals surface area (Å²) in [6.45, 7) is 0.243. The minimum absolute atomic E-state index is 0.0524. The number of benzene rings is 1. The molecule has 5 heteroatoms. The zero-order valence-electron chi connectivity index (χ0n) is 21.4. The van der Waals surface area contributed by atoms with Crippen LogP contribution < -0.4 is 9.47 Å². The van der Waals surface area contributed by atoms with Crippen LogP contribution in [0, 0.1) is 0 Å². The number of hydrogen-bond acceptors (Lipinski definition) is 5. The van der Waals surface area contributed by atoms with Crippen LogP contribution >= 0.6 is 0 Å². The maximum atomic E-state index is 13.2. The average Bonchev–Trinajstić information content (AvgIpc) is 2.95. The molecule has 1 unspecified atom stereocenters. The summed E-state index contributed by atoms with van der Waals surface area (Å²) in [4.78, 5) is 14.7. The lowest BCUT2D eigenvalue weighted by atomic mass is 9.49. The molecule has 2 heterocycles. The van der Waals surface area contributed by atoms with Gasteiger partial charge in [-0.3, -0.25) is 4.79 Å². The fourth-order valence-corrected chi connectivity index (χ4v) is 4.75. The predicted molar refractivity (Wildman–Crippen MR) is 83.0 cm³/mol. The summed E-state index contributed by atoms with van der Waals surface area (Å²) in [6.07, 6.45) is -7.14. The molecular formula is C18H21NO4. The number of likely N-dealkylation sites (tertiary alicyclic amines) is 1. The smallest absolute Gasteiger partial charge is 0.174 e. The van der Waals surface area contributed by atoms with Crippen LogP contribution in [0.15, 0.2) is 12.1 Å². The SMILES string of the molecule is [2H]c1c([2H])c2c3c(c1OC([2H])([2H])[2H])OC1C(=O)C([2H])([2H])C[C@@]4(O)[C@H](N(C)CC[C@]314)C2([2H])[2H]. The number of likely N-dealkylation sites (N-methyl/N-ethyl adjacent to an activating group) is 1. The number of rotatable bonds is 1. The fraction of sp³-hybridized carbons (Fsp3) is 0.611. The highest BCUT2D eigenvalue weighted by atomic mass is 16.5. The molecule has 2 fully saturated rings. The second-order valence-electron chi connectivity index (χ2n) is 6.65. The monoisotopic (exact) mass is 324 g/mol. The van der Waals surface area contributed by atoms with Gasteiger partial charge < -0.3 is 19.5 Å². The van der Waals surface area contributed by atoms with Crippen LogP contribution in [-0.4, -0.2) is 54.2 Å². The Kier molecular flexibility index (Phi) is 1.34. The van der Waals surface area contributed by atoms with E-state index in [0.29, 0.717) is 0 Å². The van der Waals surface area contributed by atoms with E-state index in [1.807, 2.05) is 0 Å². The van der Waals surface area contributed by atoms with E-state index in [0.717, 1.165) is 0 Å². The van der Waals surface area contributed by atoms with Crippen molar-refractivity contribution in [2.45, 2.75) is 48.7 Å². The van der Waals surface area contributed by atoms with Gasteiger partial charge in [-0.1, -0.05) is 6.04 Å². The van der Waals surface area contributed by atoms with Crippen molar-refractivity contribution in [1.29, 1.82) is 0 Å². The lowest BCUT2D eigenvalue weighted by Gasteiger charge is -2.62. The van der Waals surface area contributed by atoms with Crippen molar-refractivity contribution in [2.75, 3.05) is 20.6 Å². The molecule has 1 N–H and O–H groups in total. The third kappa shape index (κ3) is 1.32. The number of piperidine rings is 1. The van der Waals surface area contributed by atoms with Gasteiger partial charge in [0.25, 0.3) is 0 Å². The Bertz CT molecular complexity index is 1070. The van der Waals surface area contributed by atoms with Crippen LogP contribution in [0.5, 0.6) is 11.5 Å². The van der Waals surface area contributed by atoms with Gasteiger partial charge in [-0.05, 0) is 44.4 Å². The second-order valence-corrected chi connectivity index (χ2v) is 6.65.